The van der Waals surface area contributed by atoms with Crippen LogP contribution in [0.15, 0.2) is 24.3 Å². The van der Waals surface area contributed by atoms with Crippen LogP contribution in [0.5, 0.6) is 0 Å². The topological polar surface area (TPSA) is 99.2 Å². The summed E-state index contributed by atoms with van der Waals surface area (Å²) < 4.78 is 5.42. The van der Waals surface area contributed by atoms with E-state index in [1.165, 1.54) is 29.7 Å². The second-order valence-corrected chi connectivity index (χ2v) is 12.6. The van der Waals surface area contributed by atoms with Gasteiger partial charge in [-0.05, 0) is 74.2 Å². The van der Waals surface area contributed by atoms with Gasteiger partial charge in [0.15, 0.2) is 5.78 Å². The van der Waals surface area contributed by atoms with Gasteiger partial charge in [-0.25, -0.2) is 0 Å². The van der Waals surface area contributed by atoms with E-state index >= 15 is 0 Å². The number of rotatable bonds is 6. The average molecular weight is 512 g/mol. The third kappa shape index (κ3) is 5.61. The van der Waals surface area contributed by atoms with Crippen molar-refractivity contribution in [1.29, 1.82) is 0 Å². The highest BCUT2D eigenvalue weighted by Crippen LogP contribution is 2.34. The minimum Gasteiger partial charge on any atom is -0.388 e. The maximum atomic E-state index is 13.6. The van der Waals surface area contributed by atoms with Crippen LogP contribution in [0.4, 0.5) is 0 Å². The van der Waals surface area contributed by atoms with Gasteiger partial charge >= 0.3 is 0 Å². The number of amides is 2. The molecule has 1 aromatic carbocycles. The van der Waals surface area contributed by atoms with Gasteiger partial charge in [0.05, 0.1) is 6.54 Å². The molecule has 0 radical (unpaired) electrons. The molecule has 0 aromatic heterocycles. The van der Waals surface area contributed by atoms with Crippen molar-refractivity contribution in [2.45, 2.75) is 95.5 Å². The fraction of sp³-hybridized carbons (Fsp3) is 0.690. The van der Waals surface area contributed by atoms with E-state index in [0.29, 0.717) is 17.9 Å². The fourth-order valence-corrected chi connectivity index (χ4v) is 6.37. The van der Waals surface area contributed by atoms with Crippen molar-refractivity contribution < 1.29 is 24.2 Å². The molecule has 3 saturated heterocycles. The molecule has 4 fully saturated rings. The quantitative estimate of drug-likeness (QED) is 0.609. The van der Waals surface area contributed by atoms with Crippen molar-refractivity contribution in [2.75, 3.05) is 26.2 Å². The molecule has 4 aliphatic rings. The summed E-state index contributed by atoms with van der Waals surface area (Å²) in [7, 11) is 0. The molecule has 8 nitrogen and oxygen atoms in total. The Hall–Kier alpha value is -2.29. The van der Waals surface area contributed by atoms with E-state index in [1.54, 1.807) is 0 Å². The Labute approximate surface area is 219 Å². The number of hydrogen-bond donors (Lipinski definition) is 2. The molecule has 1 aliphatic carbocycles. The Morgan fingerprint density at radius 2 is 1.78 bits per heavy atom. The second-order valence-electron chi connectivity index (χ2n) is 12.6. The fourth-order valence-electron chi connectivity index (χ4n) is 6.37. The Morgan fingerprint density at radius 1 is 1.11 bits per heavy atom. The Balaban J connectivity index is 1.24. The lowest BCUT2D eigenvalue weighted by atomic mass is 9.85. The van der Waals surface area contributed by atoms with Gasteiger partial charge in [-0.2, -0.15) is 0 Å². The second kappa shape index (κ2) is 10.5. The monoisotopic (exact) mass is 511 g/mol. The lowest BCUT2D eigenvalue weighted by Gasteiger charge is -2.42. The predicted octanol–water partition coefficient (Wildman–Crippen LogP) is 2.49. The number of carbonyl (C=O) groups excluding carboxylic acids is 3. The molecule has 37 heavy (non-hydrogen) atoms. The van der Waals surface area contributed by atoms with Gasteiger partial charge in [-0.15, -0.1) is 0 Å². The molecule has 202 valence electrons. The molecular formula is C29H41N3O5. The summed E-state index contributed by atoms with van der Waals surface area (Å²) in [4.78, 5) is 43.2. The van der Waals surface area contributed by atoms with Crippen molar-refractivity contribution in [2.24, 2.45) is 5.41 Å². The first-order valence-electron chi connectivity index (χ1n) is 13.9. The van der Waals surface area contributed by atoms with Gasteiger partial charge in [-0.3, -0.25) is 14.4 Å². The first-order chi connectivity index (χ1) is 17.6. The molecular weight excluding hydrogens is 470 g/mol. The molecule has 5 rings (SSSR count). The van der Waals surface area contributed by atoms with Crippen molar-refractivity contribution in [3.05, 3.63) is 35.4 Å². The molecule has 0 spiro atoms. The van der Waals surface area contributed by atoms with E-state index in [0.717, 1.165) is 32.0 Å². The van der Waals surface area contributed by atoms with Crippen LogP contribution >= 0.6 is 0 Å². The SMILES string of the molecule is CC(C)(C)CC(NC(=O)c1ccc(C2CCN(C3CCC3)CC2)cc1)C(=O)N1C[C@H](O)[C@H]2OCC(=O)[C@H]21. The minimum absolute atomic E-state index is 0.0324. The van der Waals surface area contributed by atoms with Crippen LogP contribution in [0.2, 0.25) is 0 Å². The van der Waals surface area contributed by atoms with E-state index in [4.69, 9.17) is 4.74 Å². The van der Waals surface area contributed by atoms with Gasteiger partial charge in [0.1, 0.15) is 30.9 Å². The number of fused-ring (bicyclic) bond motifs is 1. The highest BCUT2D eigenvalue weighted by Gasteiger charge is 2.53. The molecule has 1 unspecified atom stereocenters. The first-order valence-corrected chi connectivity index (χ1v) is 13.9. The summed E-state index contributed by atoms with van der Waals surface area (Å²) in [5.74, 6) is -0.336. The van der Waals surface area contributed by atoms with Crippen LogP contribution in [0, 0.1) is 5.41 Å². The molecule has 3 aliphatic heterocycles. The Bertz CT molecular complexity index is 1010. The number of β-amino-alcohol motifs (C(OH)–C–C–N with tert-alkyl or cyclic N) is 1. The number of aliphatic hydroxyl groups excluding tert-OH is 1. The Kier molecular flexibility index (Phi) is 7.44. The summed E-state index contributed by atoms with van der Waals surface area (Å²) >= 11 is 0. The normalized spacial score (nSPS) is 28.2. The average Bonchev–Trinajstić information content (AvgIpc) is 3.37. The number of aliphatic hydroxyl groups is 1. The van der Waals surface area contributed by atoms with Crippen LogP contribution in [0.25, 0.3) is 0 Å². The standard InChI is InChI=1S/C29H41N3O5/c1-29(2,3)15-22(28(36)32-16-23(33)26-25(32)24(34)17-37-26)30-27(35)20-9-7-18(8-10-20)19-11-13-31(14-12-19)21-5-4-6-21/h7-10,19,21-23,25-26,33H,4-6,11-17H2,1-3H3,(H,30,35)/t22?,23-,25+,26+/m0/s1. The van der Waals surface area contributed by atoms with Crippen molar-refractivity contribution in [3.8, 4) is 0 Å². The smallest absolute Gasteiger partial charge is 0.251 e. The largest absolute Gasteiger partial charge is 0.388 e. The number of Topliss-reactive ketones (excluding diaryl/α,β-unsaturated/α-hetero) is 1. The number of ether oxygens (including phenoxy) is 1. The molecule has 1 aromatic rings. The predicted molar refractivity (Wildman–Crippen MR) is 139 cm³/mol. The zero-order valence-electron chi connectivity index (χ0n) is 22.3. The Morgan fingerprint density at radius 3 is 2.38 bits per heavy atom. The highest BCUT2D eigenvalue weighted by atomic mass is 16.5. The van der Waals surface area contributed by atoms with Crippen molar-refractivity contribution in [3.63, 3.8) is 0 Å². The van der Waals surface area contributed by atoms with E-state index < -0.39 is 24.3 Å². The number of ketones is 1. The number of hydrogen-bond acceptors (Lipinski definition) is 6. The van der Waals surface area contributed by atoms with E-state index in [-0.39, 0.29) is 36.2 Å². The molecule has 3 heterocycles. The van der Waals surface area contributed by atoms with Crippen LogP contribution in [-0.4, -0.2) is 89.1 Å². The third-order valence-corrected chi connectivity index (χ3v) is 8.63. The number of carbonyl (C=O) groups is 3. The van der Waals surface area contributed by atoms with Gasteiger partial charge in [0, 0.05) is 11.6 Å². The van der Waals surface area contributed by atoms with E-state index in [1.807, 2.05) is 32.9 Å². The third-order valence-electron chi connectivity index (χ3n) is 8.63. The molecule has 2 amide bonds. The maximum absolute atomic E-state index is 13.6. The lowest BCUT2D eigenvalue weighted by Crippen LogP contribution is -2.53. The zero-order chi connectivity index (χ0) is 26.3. The van der Waals surface area contributed by atoms with Crippen LogP contribution in [0.1, 0.15) is 81.1 Å². The molecule has 0 bridgehead atoms. The van der Waals surface area contributed by atoms with Crippen LogP contribution in [0.3, 0.4) is 0 Å². The van der Waals surface area contributed by atoms with Gasteiger partial charge in [-0.1, -0.05) is 39.3 Å². The van der Waals surface area contributed by atoms with Crippen LogP contribution < -0.4 is 5.32 Å². The number of benzene rings is 1. The molecule has 1 saturated carbocycles. The summed E-state index contributed by atoms with van der Waals surface area (Å²) in [6.07, 6.45) is 5.17. The maximum Gasteiger partial charge on any atom is 0.251 e. The van der Waals surface area contributed by atoms with Crippen molar-refractivity contribution >= 4 is 17.6 Å². The van der Waals surface area contributed by atoms with Gasteiger partial charge < -0.3 is 25.0 Å². The van der Waals surface area contributed by atoms with Crippen LogP contribution in [-0.2, 0) is 14.3 Å². The summed E-state index contributed by atoms with van der Waals surface area (Å²) in [6.45, 7) is 8.26. The van der Waals surface area contributed by atoms with E-state index in [9.17, 15) is 19.5 Å². The molecule has 4 atom stereocenters. The number of nitrogens with one attached hydrogen (secondary N) is 1. The first kappa shape index (κ1) is 26.3. The number of nitrogens with zero attached hydrogens (tertiary/aromatic N) is 2. The minimum atomic E-state index is -0.903. The summed E-state index contributed by atoms with van der Waals surface area (Å²) in [6, 6.07) is 7.02. The summed E-state index contributed by atoms with van der Waals surface area (Å²) in [5.41, 5.74) is 1.55. The summed E-state index contributed by atoms with van der Waals surface area (Å²) in [5, 5.41) is 13.3. The number of piperidine rings is 1. The highest BCUT2D eigenvalue weighted by molar-refractivity contribution is 5.99. The lowest BCUT2D eigenvalue weighted by molar-refractivity contribution is -0.138. The van der Waals surface area contributed by atoms with E-state index in [2.05, 4.69) is 22.3 Å². The van der Waals surface area contributed by atoms with Gasteiger partial charge in [0.2, 0.25) is 5.91 Å². The zero-order valence-corrected chi connectivity index (χ0v) is 22.3. The number of likely N-dealkylation sites (tertiary alicyclic amines) is 2. The molecule has 8 heteroatoms. The van der Waals surface area contributed by atoms with Gasteiger partial charge in [0.25, 0.3) is 5.91 Å². The van der Waals surface area contributed by atoms with Crippen molar-refractivity contribution in [1.82, 2.24) is 15.1 Å². The molecule has 2 N–H and O–H groups in total.